The van der Waals surface area contributed by atoms with Crippen molar-refractivity contribution in [2.45, 2.75) is 37.3 Å². The van der Waals surface area contributed by atoms with Gasteiger partial charge in [-0.25, -0.2) is 13.1 Å². The molecule has 1 aromatic rings. The fourth-order valence-corrected chi connectivity index (χ4v) is 4.76. The lowest BCUT2D eigenvalue weighted by atomic mass is 9.93. The van der Waals surface area contributed by atoms with E-state index in [9.17, 15) is 8.42 Å². The molecule has 0 amide bonds. The highest BCUT2D eigenvalue weighted by atomic mass is 32.2. The van der Waals surface area contributed by atoms with Crippen LogP contribution in [0.5, 0.6) is 0 Å². The third-order valence-electron chi connectivity index (χ3n) is 4.02. The number of nitrogens with two attached hydrogens (primary N) is 1. The van der Waals surface area contributed by atoms with Crippen LogP contribution in [0, 0.1) is 11.3 Å². The number of sulfonamides is 1. The monoisotopic (exact) mass is 302 g/mol. The first-order valence-electron chi connectivity index (χ1n) is 6.68. The lowest BCUT2D eigenvalue weighted by Crippen LogP contribution is -2.32. The Kier molecular flexibility index (Phi) is 4.35. The highest BCUT2D eigenvalue weighted by Crippen LogP contribution is 2.51. The van der Waals surface area contributed by atoms with Gasteiger partial charge in [-0.2, -0.15) is 0 Å². The zero-order valence-corrected chi connectivity index (χ0v) is 13.1. The van der Waals surface area contributed by atoms with Crippen molar-refractivity contribution in [1.29, 1.82) is 0 Å². The topological polar surface area (TPSA) is 72.2 Å². The summed E-state index contributed by atoms with van der Waals surface area (Å²) in [4.78, 5) is 1.02. The lowest BCUT2D eigenvalue weighted by Gasteiger charge is -2.19. The van der Waals surface area contributed by atoms with Crippen LogP contribution in [0.3, 0.4) is 0 Å². The Hall–Kier alpha value is -0.430. The van der Waals surface area contributed by atoms with E-state index < -0.39 is 10.0 Å². The van der Waals surface area contributed by atoms with Crippen LogP contribution in [-0.2, 0) is 16.4 Å². The molecule has 2 rings (SSSR count). The van der Waals surface area contributed by atoms with Crippen LogP contribution in [0.1, 0.15) is 31.6 Å². The van der Waals surface area contributed by atoms with Crippen LogP contribution in [0.15, 0.2) is 16.3 Å². The molecule has 0 unspecified atom stereocenters. The molecule has 1 fully saturated rings. The number of nitrogens with one attached hydrogen (secondary N) is 1. The van der Waals surface area contributed by atoms with E-state index in [1.54, 1.807) is 6.07 Å². The summed E-state index contributed by atoms with van der Waals surface area (Å²) < 4.78 is 27.6. The molecule has 19 heavy (non-hydrogen) atoms. The van der Waals surface area contributed by atoms with Crippen LogP contribution >= 0.6 is 11.3 Å². The molecule has 0 atom stereocenters. The number of rotatable bonds is 7. The normalized spacial score (nSPS) is 17.9. The summed E-state index contributed by atoms with van der Waals surface area (Å²) in [5.41, 5.74) is 5.66. The number of thiophene rings is 1. The Morgan fingerprint density at radius 3 is 2.63 bits per heavy atom. The molecular weight excluding hydrogens is 280 g/mol. The summed E-state index contributed by atoms with van der Waals surface area (Å²) in [5.74, 6) is 0.520. The van der Waals surface area contributed by atoms with Gasteiger partial charge in [0.15, 0.2) is 0 Å². The van der Waals surface area contributed by atoms with Gasteiger partial charge in [-0.05, 0) is 49.3 Å². The summed E-state index contributed by atoms with van der Waals surface area (Å²) in [5, 5.41) is 0. The van der Waals surface area contributed by atoms with Gasteiger partial charge in [-0.1, -0.05) is 13.8 Å². The summed E-state index contributed by atoms with van der Waals surface area (Å²) in [6.45, 7) is 5.42. The molecule has 6 heteroatoms. The molecule has 1 heterocycles. The predicted octanol–water partition coefficient (Wildman–Crippen LogP) is 1.96. The zero-order chi connectivity index (χ0) is 14.1. The van der Waals surface area contributed by atoms with Crippen molar-refractivity contribution < 1.29 is 8.42 Å². The Labute approximate surface area is 119 Å². The van der Waals surface area contributed by atoms with Gasteiger partial charge in [-0.15, -0.1) is 11.3 Å². The molecule has 108 valence electrons. The van der Waals surface area contributed by atoms with Crippen molar-refractivity contribution in [2.24, 2.45) is 17.1 Å². The average Bonchev–Trinajstić information content (AvgIpc) is 3.00. The van der Waals surface area contributed by atoms with Gasteiger partial charge in [0, 0.05) is 11.4 Å². The van der Waals surface area contributed by atoms with Gasteiger partial charge in [0.25, 0.3) is 0 Å². The Morgan fingerprint density at radius 1 is 1.42 bits per heavy atom. The van der Waals surface area contributed by atoms with E-state index in [0.29, 0.717) is 23.2 Å². The van der Waals surface area contributed by atoms with Crippen LogP contribution in [0.4, 0.5) is 0 Å². The summed E-state index contributed by atoms with van der Waals surface area (Å²) >= 11 is 1.31. The third kappa shape index (κ3) is 3.37. The molecule has 0 saturated heterocycles. The van der Waals surface area contributed by atoms with Gasteiger partial charge in [-0.3, -0.25) is 0 Å². The molecule has 1 saturated carbocycles. The number of hydrogen-bond donors (Lipinski definition) is 2. The first-order chi connectivity index (χ1) is 8.89. The second-order valence-corrected chi connectivity index (χ2v) is 8.76. The Morgan fingerprint density at radius 2 is 2.11 bits per heavy atom. The third-order valence-corrected chi connectivity index (χ3v) is 7.06. The van der Waals surface area contributed by atoms with Crippen LogP contribution in [0.25, 0.3) is 0 Å². The van der Waals surface area contributed by atoms with E-state index in [0.717, 1.165) is 24.1 Å². The summed E-state index contributed by atoms with van der Waals surface area (Å²) in [6, 6.07) is 3.52. The molecule has 0 spiro atoms. The van der Waals surface area contributed by atoms with E-state index in [-0.39, 0.29) is 5.41 Å². The number of hydrogen-bond acceptors (Lipinski definition) is 4. The molecule has 0 aliphatic heterocycles. The van der Waals surface area contributed by atoms with Crippen LogP contribution in [-0.4, -0.2) is 21.5 Å². The lowest BCUT2D eigenvalue weighted by molar-refractivity contribution is 0.357. The minimum atomic E-state index is -3.36. The minimum absolute atomic E-state index is 0.185. The highest BCUT2D eigenvalue weighted by Gasteiger charge is 2.45. The van der Waals surface area contributed by atoms with Crippen molar-refractivity contribution >= 4 is 21.4 Å². The molecule has 1 aromatic heterocycles. The zero-order valence-electron chi connectivity index (χ0n) is 11.5. The van der Waals surface area contributed by atoms with Gasteiger partial charge in [0.05, 0.1) is 0 Å². The maximum Gasteiger partial charge on any atom is 0.250 e. The smallest absolute Gasteiger partial charge is 0.250 e. The highest BCUT2D eigenvalue weighted by molar-refractivity contribution is 7.91. The molecular formula is C13H22N2O2S2. The summed E-state index contributed by atoms with van der Waals surface area (Å²) in [7, 11) is -3.36. The van der Waals surface area contributed by atoms with Crippen LogP contribution < -0.4 is 10.5 Å². The first kappa shape index (κ1) is 15.0. The van der Waals surface area contributed by atoms with Crippen molar-refractivity contribution in [1.82, 2.24) is 4.72 Å². The summed E-state index contributed by atoms with van der Waals surface area (Å²) in [6.07, 6.45) is 2.97. The quantitative estimate of drug-likeness (QED) is 0.809. The second kappa shape index (κ2) is 5.52. The molecule has 1 aliphatic rings. The van der Waals surface area contributed by atoms with E-state index in [1.807, 2.05) is 6.07 Å². The van der Waals surface area contributed by atoms with E-state index in [2.05, 4.69) is 18.6 Å². The van der Waals surface area contributed by atoms with Crippen molar-refractivity contribution in [3.05, 3.63) is 17.0 Å². The largest absolute Gasteiger partial charge is 0.330 e. The maximum absolute atomic E-state index is 12.2. The van der Waals surface area contributed by atoms with Crippen LogP contribution in [0.2, 0.25) is 0 Å². The predicted molar refractivity (Wildman–Crippen MR) is 78.8 cm³/mol. The molecule has 4 nitrogen and oxygen atoms in total. The minimum Gasteiger partial charge on any atom is -0.330 e. The van der Waals surface area contributed by atoms with Crippen molar-refractivity contribution in [3.63, 3.8) is 0 Å². The van der Waals surface area contributed by atoms with Gasteiger partial charge in [0.2, 0.25) is 10.0 Å². The molecule has 3 N–H and O–H groups in total. The van der Waals surface area contributed by atoms with Crippen molar-refractivity contribution in [3.8, 4) is 0 Å². The van der Waals surface area contributed by atoms with E-state index >= 15 is 0 Å². The molecule has 0 bridgehead atoms. The fraction of sp³-hybridized carbons (Fsp3) is 0.692. The van der Waals surface area contributed by atoms with Gasteiger partial charge >= 0.3 is 0 Å². The maximum atomic E-state index is 12.2. The van der Waals surface area contributed by atoms with Gasteiger partial charge in [0.1, 0.15) is 4.21 Å². The van der Waals surface area contributed by atoms with Crippen molar-refractivity contribution in [2.75, 3.05) is 13.1 Å². The average molecular weight is 302 g/mol. The van der Waals surface area contributed by atoms with E-state index in [4.69, 9.17) is 5.73 Å². The second-order valence-electron chi connectivity index (χ2n) is 5.60. The first-order valence-corrected chi connectivity index (χ1v) is 8.98. The molecule has 0 radical (unpaired) electrons. The molecule has 0 aromatic carbocycles. The van der Waals surface area contributed by atoms with Gasteiger partial charge < -0.3 is 5.73 Å². The standard InChI is InChI=1S/C13H22N2O2S2/c1-10(2)13(6-7-13)9-15-19(16,17)12-4-3-11(18-12)5-8-14/h3-4,10,15H,5-9,14H2,1-2H3. The SMILES string of the molecule is CC(C)C1(CNS(=O)(=O)c2ccc(CCN)s2)CC1. The van der Waals surface area contributed by atoms with E-state index in [1.165, 1.54) is 11.3 Å². The Bertz CT molecular complexity index is 531. The Balaban J connectivity index is 2.01. The molecule has 1 aliphatic carbocycles. The fourth-order valence-electron chi connectivity index (χ4n) is 2.21.